The summed E-state index contributed by atoms with van der Waals surface area (Å²) in [4.78, 5) is 0. The molecule has 4 atom stereocenters. The van der Waals surface area contributed by atoms with Crippen molar-refractivity contribution in [1.29, 1.82) is 0 Å². The lowest BCUT2D eigenvalue weighted by molar-refractivity contribution is 0.112. The zero-order valence-corrected chi connectivity index (χ0v) is 6.48. The van der Waals surface area contributed by atoms with Crippen LogP contribution in [0.3, 0.4) is 0 Å². The van der Waals surface area contributed by atoms with Crippen LogP contribution in [0.2, 0.25) is 0 Å². The Labute approximate surface area is 66.5 Å². The summed E-state index contributed by atoms with van der Waals surface area (Å²) in [6, 6.07) is 0. The normalized spacial score (nSPS) is 47.1. The second-order valence-corrected chi connectivity index (χ2v) is 3.64. The number of allylic oxidation sites excluding steroid dienone is 2. The maximum atomic E-state index is 9.04. The molecule has 1 saturated carbocycles. The van der Waals surface area contributed by atoms with E-state index in [2.05, 4.69) is 12.2 Å². The number of aliphatic hydroxyl groups is 2. The Hall–Kier alpha value is -0.340. The van der Waals surface area contributed by atoms with Crippen LogP contribution in [-0.4, -0.2) is 23.4 Å². The van der Waals surface area contributed by atoms with Gasteiger partial charge < -0.3 is 10.2 Å². The van der Waals surface area contributed by atoms with Gasteiger partial charge in [-0.15, -0.1) is 0 Å². The van der Waals surface area contributed by atoms with E-state index in [0.29, 0.717) is 23.7 Å². The van der Waals surface area contributed by atoms with Crippen molar-refractivity contribution in [2.45, 2.75) is 6.42 Å². The van der Waals surface area contributed by atoms with Gasteiger partial charge >= 0.3 is 0 Å². The van der Waals surface area contributed by atoms with Gasteiger partial charge in [0, 0.05) is 13.2 Å². The largest absolute Gasteiger partial charge is 0.396 e. The van der Waals surface area contributed by atoms with Crippen LogP contribution in [0, 0.1) is 23.7 Å². The summed E-state index contributed by atoms with van der Waals surface area (Å²) in [6.07, 6.45) is 5.53. The minimum absolute atomic E-state index is 0.233. The lowest BCUT2D eigenvalue weighted by Gasteiger charge is -2.23. The van der Waals surface area contributed by atoms with Crippen molar-refractivity contribution < 1.29 is 10.2 Å². The van der Waals surface area contributed by atoms with Gasteiger partial charge in [0.05, 0.1) is 0 Å². The molecule has 0 aromatic rings. The lowest BCUT2D eigenvalue weighted by Crippen LogP contribution is -2.25. The topological polar surface area (TPSA) is 40.5 Å². The molecule has 0 saturated heterocycles. The van der Waals surface area contributed by atoms with Crippen LogP contribution < -0.4 is 0 Å². The summed E-state index contributed by atoms with van der Waals surface area (Å²) < 4.78 is 0. The van der Waals surface area contributed by atoms with E-state index in [9.17, 15) is 0 Å². The Morgan fingerprint density at radius 3 is 1.82 bits per heavy atom. The molecule has 0 spiro atoms. The fraction of sp³-hybridized carbons (Fsp3) is 0.778. The molecule has 0 aromatic carbocycles. The smallest absolute Gasteiger partial charge is 0.0468 e. The van der Waals surface area contributed by atoms with Crippen LogP contribution in [0.1, 0.15) is 6.42 Å². The van der Waals surface area contributed by atoms with Gasteiger partial charge in [-0.3, -0.25) is 0 Å². The van der Waals surface area contributed by atoms with Crippen LogP contribution >= 0.6 is 0 Å². The van der Waals surface area contributed by atoms with Crippen molar-refractivity contribution in [3.63, 3.8) is 0 Å². The van der Waals surface area contributed by atoms with Crippen LogP contribution in [-0.2, 0) is 0 Å². The van der Waals surface area contributed by atoms with Crippen molar-refractivity contribution in [3.8, 4) is 0 Å². The van der Waals surface area contributed by atoms with Crippen LogP contribution in [0.5, 0.6) is 0 Å². The summed E-state index contributed by atoms with van der Waals surface area (Å²) in [7, 11) is 0. The number of aliphatic hydroxyl groups excluding tert-OH is 2. The SMILES string of the molecule is OC[C@@H]1C2C=CC(C2)[C@H]1CO. The average Bonchev–Trinajstić information content (AvgIpc) is 2.60. The quantitative estimate of drug-likeness (QED) is 0.565. The molecule has 2 bridgehead atoms. The first-order valence-electron chi connectivity index (χ1n) is 4.27. The van der Waals surface area contributed by atoms with E-state index in [0.717, 1.165) is 6.42 Å². The molecule has 0 radical (unpaired) electrons. The van der Waals surface area contributed by atoms with Crippen molar-refractivity contribution in [1.82, 2.24) is 0 Å². The summed E-state index contributed by atoms with van der Waals surface area (Å²) in [5.74, 6) is 1.74. The summed E-state index contributed by atoms with van der Waals surface area (Å²) >= 11 is 0. The van der Waals surface area contributed by atoms with Gasteiger partial charge in [0.2, 0.25) is 0 Å². The Bertz CT molecular complexity index is 158. The molecule has 11 heavy (non-hydrogen) atoms. The third-order valence-corrected chi connectivity index (χ3v) is 3.22. The molecule has 2 rings (SSSR count). The third kappa shape index (κ3) is 0.932. The molecule has 2 N–H and O–H groups in total. The maximum Gasteiger partial charge on any atom is 0.0468 e. The van der Waals surface area contributed by atoms with E-state index < -0.39 is 0 Å². The molecular formula is C9H14O2. The van der Waals surface area contributed by atoms with Gasteiger partial charge in [-0.25, -0.2) is 0 Å². The van der Waals surface area contributed by atoms with Crippen LogP contribution in [0.25, 0.3) is 0 Å². The molecule has 2 heteroatoms. The van der Waals surface area contributed by atoms with E-state index in [-0.39, 0.29) is 13.2 Å². The minimum atomic E-state index is 0.233. The Balaban J connectivity index is 2.15. The molecule has 2 aliphatic carbocycles. The molecule has 62 valence electrons. The Kier molecular flexibility index (Phi) is 1.74. The molecule has 0 aromatic heterocycles. The summed E-state index contributed by atoms with van der Waals surface area (Å²) in [6.45, 7) is 0.466. The molecule has 0 amide bonds. The van der Waals surface area contributed by atoms with Gasteiger partial charge in [-0.2, -0.15) is 0 Å². The average molecular weight is 154 g/mol. The van der Waals surface area contributed by atoms with Crippen molar-refractivity contribution in [2.24, 2.45) is 23.7 Å². The standard InChI is InChI=1S/C9H14O2/c10-4-8-6-1-2-7(3-6)9(8)5-11/h1-2,6-11H,3-5H2/t6?,7?,8-,9-/m1/s1. The fourth-order valence-corrected chi connectivity index (χ4v) is 2.57. The maximum absolute atomic E-state index is 9.04. The monoisotopic (exact) mass is 154 g/mol. The second-order valence-electron chi connectivity index (χ2n) is 3.64. The summed E-state index contributed by atoms with van der Waals surface area (Å²) in [5, 5.41) is 18.1. The van der Waals surface area contributed by atoms with Gasteiger partial charge in [0.25, 0.3) is 0 Å². The molecular weight excluding hydrogens is 140 g/mol. The van der Waals surface area contributed by atoms with Gasteiger partial charge in [-0.05, 0) is 30.1 Å². The zero-order valence-electron chi connectivity index (χ0n) is 6.48. The lowest BCUT2D eigenvalue weighted by atomic mass is 9.84. The van der Waals surface area contributed by atoms with Gasteiger partial charge in [0.15, 0.2) is 0 Å². The molecule has 2 unspecified atom stereocenters. The van der Waals surface area contributed by atoms with E-state index in [1.807, 2.05) is 0 Å². The first-order chi connectivity index (χ1) is 5.36. The van der Waals surface area contributed by atoms with Crippen LogP contribution in [0.15, 0.2) is 12.2 Å². The Morgan fingerprint density at radius 1 is 1.00 bits per heavy atom. The number of hydrogen-bond donors (Lipinski definition) is 2. The number of hydrogen-bond acceptors (Lipinski definition) is 2. The van der Waals surface area contributed by atoms with E-state index in [1.165, 1.54) is 0 Å². The highest BCUT2D eigenvalue weighted by atomic mass is 16.3. The Morgan fingerprint density at radius 2 is 1.45 bits per heavy atom. The van der Waals surface area contributed by atoms with E-state index >= 15 is 0 Å². The molecule has 1 fully saturated rings. The first-order valence-corrected chi connectivity index (χ1v) is 4.27. The van der Waals surface area contributed by atoms with Gasteiger partial charge in [-0.1, -0.05) is 12.2 Å². The van der Waals surface area contributed by atoms with Crippen molar-refractivity contribution >= 4 is 0 Å². The highest BCUT2D eigenvalue weighted by Crippen LogP contribution is 2.47. The summed E-state index contributed by atoms with van der Waals surface area (Å²) in [5.41, 5.74) is 0. The number of fused-ring (bicyclic) bond motifs is 2. The molecule has 0 heterocycles. The third-order valence-electron chi connectivity index (χ3n) is 3.22. The van der Waals surface area contributed by atoms with Crippen molar-refractivity contribution in [3.05, 3.63) is 12.2 Å². The second kappa shape index (κ2) is 2.61. The van der Waals surface area contributed by atoms with E-state index in [1.54, 1.807) is 0 Å². The van der Waals surface area contributed by atoms with Crippen LogP contribution in [0.4, 0.5) is 0 Å². The molecule has 0 aliphatic heterocycles. The minimum Gasteiger partial charge on any atom is -0.396 e. The van der Waals surface area contributed by atoms with E-state index in [4.69, 9.17) is 10.2 Å². The predicted octanol–water partition coefficient (Wildman–Crippen LogP) is 0.409. The molecule has 2 nitrogen and oxygen atoms in total. The highest BCUT2D eigenvalue weighted by Gasteiger charge is 2.43. The molecule has 2 aliphatic rings. The van der Waals surface area contributed by atoms with Gasteiger partial charge in [0.1, 0.15) is 0 Å². The zero-order chi connectivity index (χ0) is 7.84. The van der Waals surface area contributed by atoms with Crippen molar-refractivity contribution in [2.75, 3.05) is 13.2 Å². The first kappa shape index (κ1) is 7.32. The predicted molar refractivity (Wildman–Crippen MR) is 41.9 cm³/mol. The fourth-order valence-electron chi connectivity index (χ4n) is 2.57. The highest BCUT2D eigenvalue weighted by molar-refractivity contribution is 5.13. The number of rotatable bonds is 2.